The fourth-order valence-electron chi connectivity index (χ4n) is 1.72. The SMILES string of the molecule is Cc1ccc(Oc2cc(C(F)(F)F)cc(Cl)n2)c(C)c1. The van der Waals surface area contributed by atoms with E-state index in [0.717, 1.165) is 23.3 Å². The summed E-state index contributed by atoms with van der Waals surface area (Å²) in [5, 5.41) is -0.264. The van der Waals surface area contributed by atoms with Gasteiger partial charge in [0.05, 0.1) is 5.56 Å². The molecule has 2 rings (SSSR count). The number of hydrogen-bond donors (Lipinski definition) is 0. The zero-order chi connectivity index (χ0) is 14.9. The molecular weight excluding hydrogens is 291 g/mol. The van der Waals surface area contributed by atoms with Gasteiger partial charge >= 0.3 is 6.18 Å². The second-order valence-corrected chi connectivity index (χ2v) is 4.77. The average molecular weight is 302 g/mol. The highest BCUT2D eigenvalue weighted by Crippen LogP contribution is 2.34. The molecule has 1 heterocycles. The van der Waals surface area contributed by atoms with Crippen molar-refractivity contribution in [3.05, 3.63) is 52.2 Å². The first-order valence-corrected chi connectivity index (χ1v) is 6.13. The van der Waals surface area contributed by atoms with Crippen LogP contribution in [0.3, 0.4) is 0 Å². The molecule has 0 aliphatic carbocycles. The quantitative estimate of drug-likeness (QED) is 0.715. The van der Waals surface area contributed by atoms with Crippen molar-refractivity contribution in [1.29, 1.82) is 0 Å². The molecule has 2 aromatic rings. The number of benzene rings is 1. The molecule has 6 heteroatoms. The Labute approximate surface area is 119 Å². The highest BCUT2D eigenvalue weighted by molar-refractivity contribution is 6.29. The maximum atomic E-state index is 12.7. The van der Waals surface area contributed by atoms with Crippen molar-refractivity contribution in [2.24, 2.45) is 0 Å². The number of ether oxygens (including phenoxy) is 1. The van der Waals surface area contributed by atoms with Crippen molar-refractivity contribution in [3.8, 4) is 11.6 Å². The van der Waals surface area contributed by atoms with E-state index < -0.39 is 11.7 Å². The monoisotopic (exact) mass is 301 g/mol. The largest absolute Gasteiger partial charge is 0.439 e. The number of alkyl halides is 3. The summed E-state index contributed by atoms with van der Waals surface area (Å²) in [5.41, 5.74) is 0.947. The van der Waals surface area contributed by atoms with E-state index in [9.17, 15) is 13.2 Å². The van der Waals surface area contributed by atoms with Gasteiger partial charge in [-0.15, -0.1) is 0 Å². The lowest BCUT2D eigenvalue weighted by molar-refractivity contribution is -0.137. The molecule has 0 spiro atoms. The van der Waals surface area contributed by atoms with Gasteiger partial charge in [0.2, 0.25) is 5.88 Å². The fourth-order valence-corrected chi connectivity index (χ4v) is 1.92. The van der Waals surface area contributed by atoms with Gasteiger partial charge < -0.3 is 4.74 Å². The van der Waals surface area contributed by atoms with E-state index in [1.807, 2.05) is 13.0 Å². The Kier molecular flexibility index (Phi) is 3.90. The lowest BCUT2D eigenvalue weighted by atomic mass is 10.1. The van der Waals surface area contributed by atoms with Crippen LogP contribution in [-0.4, -0.2) is 4.98 Å². The molecule has 20 heavy (non-hydrogen) atoms. The fraction of sp³-hybridized carbons (Fsp3) is 0.214. The van der Waals surface area contributed by atoms with E-state index in [4.69, 9.17) is 16.3 Å². The van der Waals surface area contributed by atoms with Crippen LogP contribution in [-0.2, 0) is 6.18 Å². The van der Waals surface area contributed by atoms with Crippen LogP contribution in [0.2, 0.25) is 5.15 Å². The minimum atomic E-state index is -4.49. The van der Waals surface area contributed by atoms with Crippen molar-refractivity contribution in [1.82, 2.24) is 4.98 Å². The smallest absolute Gasteiger partial charge is 0.416 e. The van der Waals surface area contributed by atoms with Crippen LogP contribution in [0.25, 0.3) is 0 Å². The predicted octanol–water partition coefficient (Wildman–Crippen LogP) is 5.16. The van der Waals surface area contributed by atoms with E-state index in [-0.39, 0.29) is 11.0 Å². The summed E-state index contributed by atoms with van der Waals surface area (Å²) >= 11 is 5.60. The number of rotatable bonds is 2. The van der Waals surface area contributed by atoms with Gasteiger partial charge in [0.15, 0.2) is 0 Å². The Bertz CT molecular complexity index is 641. The first-order chi connectivity index (χ1) is 9.25. The molecule has 1 aromatic heterocycles. The molecule has 106 valence electrons. The third-order valence-electron chi connectivity index (χ3n) is 2.64. The molecule has 2 nitrogen and oxygen atoms in total. The van der Waals surface area contributed by atoms with Crippen molar-refractivity contribution >= 4 is 11.6 Å². The number of hydrogen-bond acceptors (Lipinski definition) is 2. The van der Waals surface area contributed by atoms with Crippen LogP contribution < -0.4 is 4.74 Å². The lowest BCUT2D eigenvalue weighted by Gasteiger charge is -2.11. The van der Waals surface area contributed by atoms with Crippen LogP contribution in [0.1, 0.15) is 16.7 Å². The van der Waals surface area contributed by atoms with Crippen LogP contribution in [0.4, 0.5) is 13.2 Å². The summed E-state index contributed by atoms with van der Waals surface area (Å²) in [6, 6.07) is 6.93. The average Bonchev–Trinajstić information content (AvgIpc) is 2.31. The van der Waals surface area contributed by atoms with Gasteiger partial charge in [-0.25, -0.2) is 4.98 Å². The van der Waals surface area contributed by atoms with Crippen LogP contribution in [0, 0.1) is 13.8 Å². The zero-order valence-electron chi connectivity index (χ0n) is 10.8. The van der Waals surface area contributed by atoms with Crippen molar-refractivity contribution in [2.45, 2.75) is 20.0 Å². The van der Waals surface area contributed by atoms with Crippen LogP contribution in [0.15, 0.2) is 30.3 Å². The molecule has 0 bridgehead atoms. The molecular formula is C14H11ClF3NO. The second kappa shape index (κ2) is 5.32. The summed E-state index contributed by atoms with van der Waals surface area (Å²) < 4.78 is 43.4. The van der Waals surface area contributed by atoms with Gasteiger partial charge in [-0.3, -0.25) is 0 Å². The topological polar surface area (TPSA) is 22.1 Å². The molecule has 0 atom stereocenters. The standard InChI is InChI=1S/C14H11ClF3NO/c1-8-3-4-11(9(2)5-8)20-13-7-10(14(16,17)18)6-12(15)19-13/h3-7H,1-2H3. The lowest BCUT2D eigenvalue weighted by Crippen LogP contribution is -2.06. The maximum Gasteiger partial charge on any atom is 0.416 e. The van der Waals surface area contributed by atoms with Gasteiger partial charge in [-0.05, 0) is 31.5 Å². The normalized spacial score (nSPS) is 11.5. The van der Waals surface area contributed by atoms with Crippen LogP contribution in [0.5, 0.6) is 11.6 Å². The molecule has 1 aromatic carbocycles. The summed E-state index contributed by atoms with van der Waals surface area (Å²) in [7, 11) is 0. The van der Waals surface area contributed by atoms with E-state index in [0.29, 0.717) is 5.75 Å². The third-order valence-corrected chi connectivity index (χ3v) is 2.84. The van der Waals surface area contributed by atoms with Gasteiger partial charge in [0, 0.05) is 6.07 Å². The van der Waals surface area contributed by atoms with E-state index in [2.05, 4.69) is 4.98 Å². The molecule has 0 saturated carbocycles. The first kappa shape index (κ1) is 14.7. The first-order valence-electron chi connectivity index (χ1n) is 5.75. The molecule has 0 N–H and O–H groups in total. The number of aromatic nitrogens is 1. The molecule has 0 aliphatic heterocycles. The zero-order valence-corrected chi connectivity index (χ0v) is 11.5. The van der Waals surface area contributed by atoms with Gasteiger partial charge in [-0.1, -0.05) is 29.3 Å². The van der Waals surface area contributed by atoms with Crippen LogP contribution >= 0.6 is 11.6 Å². The third kappa shape index (κ3) is 3.42. The van der Waals surface area contributed by atoms with Crippen molar-refractivity contribution in [2.75, 3.05) is 0 Å². The van der Waals surface area contributed by atoms with Crippen molar-refractivity contribution in [3.63, 3.8) is 0 Å². The molecule has 0 unspecified atom stereocenters. The molecule has 0 radical (unpaired) electrons. The Hall–Kier alpha value is -1.75. The minimum absolute atomic E-state index is 0.184. The summed E-state index contributed by atoms with van der Waals surface area (Å²) in [5.74, 6) is 0.260. The molecule has 0 fully saturated rings. The Balaban J connectivity index is 2.36. The minimum Gasteiger partial charge on any atom is -0.439 e. The molecule has 0 amide bonds. The summed E-state index contributed by atoms with van der Waals surface area (Å²) in [4.78, 5) is 3.75. The summed E-state index contributed by atoms with van der Waals surface area (Å²) in [6.45, 7) is 3.72. The van der Waals surface area contributed by atoms with Crippen molar-refractivity contribution < 1.29 is 17.9 Å². The number of nitrogens with zero attached hydrogens (tertiary/aromatic N) is 1. The predicted molar refractivity (Wildman–Crippen MR) is 70.2 cm³/mol. The second-order valence-electron chi connectivity index (χ2n) is 4.39. The van der Waals surface area contributed by atoms with E-state index in [1.165, 1.54) is 0 Å². The van der Waals surface area contributed by atoms with Gasteiger partial charge in [0.25, 0.3) is 0 Å². The highest BCUT2D eigenvalue weighted by atomic mass is 35.5. The summed E-state index contributed by atoms with van der Waals surface area (Å²) in [6.07, 6.45) is -4.49. The Morgan fingerprint density at radius 1 is 1.10 bits per heavy atom. The Morgan fingerprint density at radius 2 is 1.80 bits per heavy atom. The highest BCUT2D eigenvalue weighted by Gasteiger charge is 2.31. The number of halogens is 4. The van der Waals surface area contributed by atoms with E-state index in [1.54, 1.807) is 19.1 Å². The molecule has 0 aliphatic rings. The van der Waals surface area contributed by atoms with Gasteiger partial charge in [-0.2, -0.15) is 13.2 Å². The Morgan fingerprint density at radius 3 is 2.40 bits per heavy atom. The number of pyridine rings is 1. The number of aryl methyl sites for hydroxylation is 2. The maximum absolute atomic E-state index is 12.7. The van der Waals surface area contributed by atoms with Gasteiger partial charge in [0.1, 0.15) is 10.9 Å². The molecule has 0 saturated heterocycles. The van der Waals surface area contributed by atoms with E-state index >= 15 is 0 Å².